The fourth-order valence-electron chi connectivity index (χ4n) is 3.32. The molecule has 1 atom stereocenters. The third kappa shape index (κ3) is 4.46. The number of aryl methyl sites for hydroxylation is 2. The predicted octanol–water partition coefficient (Wildman–Crippen LogP) is 3.85. The minimum absolute atomic E-state index is 0.237. The highest BCUT2D eigenvalue weighted by Gasteiger charge is 2.28. The first-order valence-corrected chi connectivity index (χ1v) is 9.41. The first-order valence-electron chi connectivity index (χ1n) is 8.47. The minimum atomic E-state index is -0.483. The Kier molecular flexibility index (Phi) is 5.50. The average Bonchev–Trinajstić information content (AvgIpc) is 3.20. The topological polar surface area (TPSA) is 61.4 Å². The van der Waals surface area contributed by atoms with Gasteiger partial charge in [0, 0.05) is 11.7 Å². The lowest BCUT2D eigenvalue weighted by Gasteiger charge is -2.23. The lowest BCUT2D eigenvalue weighted by Crippen LogP contribution is -2.41. The van der Waals surface area contributed by atoms with E-state index in [-0.39, 0.29) is 18.5 Å². The molecule has 5 nitrogen and oxygen atoms in total. The maximum atomic E-state index is 12.2. The normalized spacial score (nSPS) is 17.4. The van der Waals surface area contributed by atoms with Crippen molar-refractivity contribution in [3.8, 4) is 0 Å². The van der Waals surface area contributed by atoms with E-state index in [0.717, 1.165) is 30.5 Å². The molecule has 0 aliphatic carbocycles. The van der Waals surface area contributed by atoms with E-state index in [1.807, 2.05) is 32.0 Å². The van der Waals surface area contributed by atoms with Crippen LogP contribution in [-0.2, 0) is 4.79 Å². The van der Waals surface area contributed by atoms with Gasteiger partial charge in [-0.25, -0.2) is 4.79 Å². The zero-order valence-corrected chi connectivity index (χ0v) is 15.4. The van der Waals surface area contributed by atoms with Gasteiger partial charge in [0.2, 0.25) is 5.91 Å². The van der Waals surface area contributed by atoms with Crippen molar-refractivity contribution in [1.82, 2.24) is 10.2 Å². The van der Waals surface area contributed by atoms with Crippen LogP contribution in [0.2, 0.25) is 0 Å². The number of likely N-dealkylation sites (tertiary alicyclic amines) is 1. The Morgan fingerprint density at radius 2 is 2.12 bits per heavy atom. The highest BCUT2D eigenvalue weighted by molar-refractivity contribution is 7.07. The Hall–Kier alpha value is -2.18. The zero-order chi connectivity index (χ0) is 17.8. The van der Waals surface area contributed by atoms with Crippen LogP contribution < -0.4 is 10.6 Å². The largest absolute Gasteiger partial charge is 0.325 e. The second kappa shape index (κ2) is 7.80. The number of hydrogen-bond acceptors (Lipinski definition) is 4. The fraction of sp³-hybridized carbons (Fsp3) is 0.368. The van der Waals surface area contributed by atoms with Gasteiger partial charge in [-0.3, -0.25) is 15.0 Å². The summed E-state index contributed by atoms with van der Waals surface area (Å²) in [5.41, 5.74) is 4.08. The van der Waals surface area contributed by atoms with Gasteiger partial charge in [0.1, 0.15) is 0 Å². The number of carbonyl (C=O) groups excluding carboxylic acids is 2. The first-order chi connectivity index (χ1) is 12.0. The van der Waals surface area contributed by atoms with E-state index < -0.39 is 6.03 Å². The number of hydrogen-bond donors (Lipinski definition) is 2. The van der Waals surface area contributed by atoms with Crippen LogP contribution in [-0.4, -0.2) is 29.9 Å². The van der Waals surface area contributed by atoms with Gasteiger partial charge in [-0.2, -0.15) is 11.3 Å². The third-order valence-corrected chi connectivity index (χ3v) is 5.22. The van der Waals surface area contributed by atoms with Crippen LogP contribution in [0.15, 0.2) is 35.0 Å². The van der Waals surface area contributed by atoms with E-state index in [4.69, 9.17) is 0 Å². The molecular formula is C19H23N3O2S. The summed E-state index contributed by atoms with van der Waals surface area (Å²) in [6.45, 7) is 5.05. The number of thiophene rings is 1. The number of carbonyl (C=O) groups is 2. The van der Waals surface area contributed by atoms with Crippen molar-refractivity contribution in [2.45, 2.75) is 32.7 Å². The number of nitrogens with one attached hydrogen (secondary N) is 2. The Balaban J connectivity index is 1.54. The number of imide groups is 1. The minimum Gasteiger partial charge on any atom is -0.307 e. The van der Waals surface area contributed by atoms with Crippen LogP contribution in [0.5, 0.6) is 0 Å². The van der Waals surface area contributed by atoms with Gasteiger partial charge < -0.3 is 5.32 Å². The fourth-order valence-corrected chi connectivity index (χ4v) is 4.02. The molecule has 1 unspecified atom stereocenters. The summed E-state index contributed by atoms with van der Waals surface area (Å²) in [7, 11) is 0. The third-order valence-electron chi connectivity index (χ3n) is 4.52. The molecule has 3 rings (SSSR count). The van der Waals surface area contributed by atoms with Gasteiger partial charge >= 0.3 is 6.03 Å². The molecule has 0 bridgehead atoms. The van der Waals surface area contributed by atoms with Crippen LogP contribution >= 0.6 is 11.3 Å². The summed E-state index contributed by atoms with van der Waals surface area (Å²) in [5.74, 6) is -0.274. The molecule has 2 aromatic rings. The second-order valence-electron chi connectivity index (χ2n) is 6.51. The van der Waals surface area contributed by atoms with Crippen LogP contribution in [0.3, 0.4) is 0 Å². The Bertz CT molecular complexity index is 758. The first kappa shape index (κ1) is 17.6. The van der Waals surface area contributed by atoms with Crippen LogP contribution in [0, 0.1) is 13.8 Å². The maximum absolute atomic E-state index is 12.2. The van der Waals surface area contributed by atoms with Gasteiger partial charge in [-0.15, -0.1) is 0 Å². The SMILES string of the molecule is Cc1ccc(NC(=O)NC(=O)CN2CCCC2c2ccsc2)c(C)c1. The summed E-state index contributed by atoms with van der Waals surface area (Å²) < 4.78 is 0. The number of amides is 3. The van der Waals surface area contributed by atoms with E-state index in [1.54, 1.807) is 11.3 Å². The molecule has 3 amide bonds. The summed E-state index contributed by atoms with van der Waals surface area (Å²) in [6.07, 6.45) is 2.13. The van der Waals surface area contributed by atoms with Crippen molar-refractivity contribution in [3.63, 3.8) is 0 Å². The molecule has 2 N–H and O–H groups in total. The highest BCUT2D eigenvalue weighted by Crippen LogP contribution is 2.32. The zero-order valence-electron chi connectivity index (χ0n) is 14.5. The standard InChI is InChI=1S/C19H23N3O2S/c1-13-5-6-16(14(2)10-13)20-19(24)21-18(23)11-22-8-3-4-17(22)15-7-9-25-12-15/h5-7,9-10,12,17H,3-4,8,11H2,1-2H3,(H2,20,21,23,24). The molecule has 132 valence electrons. The van der Waals surface area contributed by atoms with Crippen LogP contribution in [0.4, 0.5) is 10.5 Å². The Morgan fingerprint density at radius 1 is 1.28 bits per heavy atom. The lowest BCUT2D eigenvalue weighted by molar-refractivity contribution is -0.121. The van der Waals surface area contributed by atoms with E-state index in [1.165, 1.54) is 5.56 Å². The van der Waals surface area contributed by atoms with E-state index >= 15 is 0 Å². The Labute approximate surface area is 152 Å². The van der Waals surface area contributed by atoms with Gasteiger partial charge in [-0.1, -0.05) is 17.7 Å². The average molecular weight is 357 g/mol. The van der Waals surface area contributed by atoms with Gasteiger partial charge in [0.15, 0.2) is 0 Å². The summed E-state index contributed by atoms with van der Waals surface area (Å²) >= 11 is 1.67. The molecule has 2 heterocycles. The predicted molar refractivity (Wildman–Crippen MR) is 101 cm³/mol. The molecule has 1 saturated heterocycles. The molecule has 0 spiro atoms. The molecule has 1 aromatic carbocycles. The number of rotatable bonds is 4. The van der Waals surface area contributed by atoms with Crippen LogP contribution in [0.1, 0.15) is 35.6 Å². The molecule has 1 aromatic heterocycles. The quantitative estimate of drug-likeness (QED) is 0.874. The van der Waals surface area contributed by atoms with Gasteiger partial charge in [0.05, 0.1) is 6.54 Å². The van der Waals surface area contributed by atoms with E-state index in [0.29, 0.717) is 5.69 Å². The van der Waals surface area contributed by atoms with Crippen molar-refractivity contribution in [2.75, 3.05) is 18.4 Å². The molecule has 6 heteroatoms. The van der Waals surface area contributed by atoms with Crippen molar-refractivity contribution >= 4 is 29.0 Å². The molecule has 0 radical (unpaired) electrons. The van der Waals surface area contributed by atoms with Gasteiger partial charge in [0.25, 0.3) is 0 Å². The number of urea groups is 1. The second-order valence-corrected chi connectivity index (χ2v) is 7.29. The van der Waals surface area contributed by atoms with Crippen molar-refractivity contribution in [1.29, 1.82) is 0 Å². The maximum Gasteiger partial charge on any atom is 0.325 e. The van der Waals surface area contributed by atoms with Gasteiger partial charge in [-0.05, 0) is 67.3 Å². The van der Waals surface area contributed by atoms with Crippen LogP contribution in [0.25, 0.3) is 0 Å². The number of nitrogens with zero attached hydrogens (tertiary/aromatic N) is 1. The molecule has 0 saturated carbocycles. The number of anilines is 1. The molecular weight excluding hydrogens is 334 g/mol. The lowest BCUT2D eigenvalue weighted by atomic mass is 10.1. The smallest absolute Gasteiger partial charge is 0.307 e. The number of benzene rings is 1. The van der Waals surface area contributed by atoms with Crippen molar-refractivity contribution < 1.29 is 9.59 Å². The van der Waals surface area contributed by atoms with Crippen molar-refractivity contribution in [3.05, 3.63) is 51.7 Å². The Morgan fingerprint density at radius 3 is 2.84 bits per heavy atom. The summed E-state index contributed by atoms with van der Waals surface area (Å²) in [4.78, 5) is 26.5. The van der Waals surface area contributed by atoms with E-state index in [2.05, 4.69) is 32.4 Å². The highest BCUT2D eigenvalue weighted by atomic mass is 32.1. The molecule has 1 aliphatic rings. The molecule has 1 fully saturated rings. The molecule has 25 heavy (non-hydrogen) atoms. The summed E-state index contributed by atoms with van der Waals surface area (Å²) in [6, 6.07) is 7.68. The van der Waals surface area contributed by atoms with E-state index in [9.17, 15) is 9.59 Å². The summed E-state index contributed by atoms with van der Waals surface area (Å²) in [5, 5.41) is 9.37. The monoisotopic (exact) mass is 357 g/mol. The van der Waals surface area contributed by atoms with Crippen molar-refractivity contribution in [2.24, 2.45) is 0 Å². The molecule has 1 aliphatic heterocycles.